The second kappa shape index (κ2) is 5.34. The molecule has 0 saturated carbocycles. The van der Waals surface area contributed by atoms with Crippen LogP contribution in [0, 0.1) is 11.3 Å². The molecule has 0 bridgehead atoms. The van der Waals surface area contributed by atoms with Crippen molar-refractivity contribution in [2.75, 3.05) is 19.8 Å². The van der Waals surface area contributed by atoms with Gasteiger partial charge in [0.25, 0.3) is 0 Å². The Kier molecular flexibility index (Phi) is 4.02. The van der Waals surface area contributed by atoms with Crippen LogP contribution in [0.25, 0.3) is 0 Å². The number of nitriles is 1. The van der Waals surface area contributed by atoms with Crippen molar-refractivity contribution in [2.45, 2.75) is 43.4 Å². The third kappa shape index (κ3) is 2.62. The SMILES string of the molecule is N#CC1CCCCN1S(=O)(=O)C1CCOCC1. The van der Waals surface area contributed by atoms with Crippen LogP contribution in [0.15, 0.2) is 0 Å². The van der Waals surface area contributed by atoms with E-state index in [9.17, 15) is 8.42 Å². The Hall–Kier alpha value is -0.640. The molecular weight excluding hydrogens is 240 g/mol. The minimum absolute atomic E-state index is 0.356. The normalized spacial score (nSPS) is 28.8. The van der Waals surface area contributed by atoms with Crippen LogP contribution in [-0.4, -0.2) is 43.8 Å². The van der Waals surface area contributed by atoms with Gasteiger partial charge in [-0.2, -0.15) is 9.57 Å². The fourth-order valence-electron chi connectivity index (χ4n) is 2.50. The number of ether oxygens (including phenoxy) is 1. The summed E-state index contributed by atoms with van der Waals surface area (Å²) in [6.45, 7) is 1.52. The molecule has 17 heavy (non-hydrogen) atoms. The maximum Gasteiger partial charge on any atom is 0.218 e. The van der Waals surface area contributed by atoms with Crippen molar-refractivity contribution < 1.29 is 13.2 Å². The number of hydrogen-bond acceptors (Lipinski definition) is 4. The Labute approximate surface area is 102 Å². The van der Waals surface area contributed by atoms with Gasteiger partial charge in [-0.3, -0.25) is 0 Å². The minimum atomic E-state index is -3.32. The van der Waals surface area contributed by atoms with Crippen molar-refractivity contribution in [1.29, 1.82) is 5.26 Å². The molecule has 2 saturated heterocycles. The van der Waals surface area contributed by atoms with E-state index in [1.807, 2.05) is 0 Å². The quantitative estimate of drug-likeness (QED) is 0.737. The van der Waals surface area contributed by atoms with Crippen molar-refractivity contribution >= 4 is 10.0 Å². The largest absolute Gasteiger partial charge is 0.381 e. The zero-order valence-corrected chi connectivity index (χ0v) is 10.7. The predicted octanol–water partition coefficient (Wildman–Crippen LogP) is 0.873. The van der Waals surface area contributed by atoms with Gasteiger partial charge in [0, 0.05) is 19.8 Å². The lowest BCUT2D eigenvalue weighted by atomic mass is 10.1. The van der Waals surface area contributed by atoms with E-state index in [0.717, 1.165) is 12.8 Å². The van der Waals surface area contributed by atoms with Gasteiger partial charge in [-0.15, -0.1) is 0 Å². The van der Waals surface area contributed by atoms with E-state index in [4.69, 9.17) is 10.00 Å². The monoisotopic (exact) mass is 258 g/mol. The summed E-state index contributed by atoms with van der Waals surface area (Å²) in [6.07, 6.45) is 3.57. The molecule has 2 aliphatic heterocycles. The molecule has 2 rings (SSSR count). The number of piperidine rings is 1. The summed E-state index contributed by atoms with van der Waals surface area (Å²) in [6, 6.07) is 1.65. The van der Waals surface area contributed by atoms with E-state index in [0.29, 0.717) is 39.0 Å². The van der Waals surface area contributed by atoms with Gasteiger partial charge in [-0.1, -0.05) is 0 Å². The molecule has 5 nitrogen and oxygen atoms in total. The van der Waals surface area contributed by atoms with Crippen molar-refractivity contribution in [3.8, 4) is 6.07 Å². The number of sulfonamides is 1. The van der Waals surface area contributed by atoms with Gasteiger partial charge in [0.2, 0.25) is 10.0 Å². The molecule has 6 heteroatoms. The summed E-state index contributed by atoms with van der Waals surface area (Å²) in [5, 5.41) is 8.69. The molecule has 0 radical (unpaired) electrons. The lowest BCUT2D eigenvalue weighted by Gasteiger charge is -2.34. The maximum absolute atomic E-state index is 12.4. The first kappa shape index (κ1) is 12.8. The summed E-state index contributed by atoms with van der Waals surface area (Å²) in [5.41, 5.74) is 0. The Bertz CT molecular complexity index is 395. The zero-order valence-electron chi connectivity index (χ0n) is 9.84. The van der Waals surface area contributed by atoms with Gasteiger partial charge in [0.1, 0.15) is 6.04 Å². The van der Waals surface area contributed by atoms with Crippen LogP contribution in [0.2, 0.25) is 0 Å². The Morgan fingerprint density at radius 3 is 2.53 bits per heavy atom. The second-order valence-electron chi connectivity index (χ2n) is 4.61. The van der Waals surface area contributed by atoms with Gasteiger partial charge in [0.15, 0.2) is 0 Å². The van der Waals surface area contributed by atoms with Crippen LogP contribution in [0.3, 0.4) is 0 Å². The van der Waals surface area contributed by atoms with Crippen molar-refractivity contribution in [1.82, 2.24) is 4.31 Å². The summed E-state index contributed by atoms with van der Waals surface area (Å²) < 4.78 is 31.5. The molecule has 0 spiro atoms. The predicted molar refractivity (Wildman–Crippen MR) is 62.7 cm³/mol. The zero-order chi connectivity index (χ0) is 12.3. The topological polar surface area (TPSA) is 70.4 Å². The lowest BCUT2D eigenvalue weighted by molar-refractivity contribution is 0.0966. The van der Waals surface area contributed by atoms with Crippen LogP contribution in [0.1, 0.15) is 32.1 Å². The van der Waals surface area contributed by atoms with Gasteiger partial charge < -0.3 is 4.74 Å². The van der Waals surface area contributed by atoms with Crippen molar-refractivity contribution in [3.63, 3.8) is 0 Å². The van der Waals surface area contributed by atoms with E-state index < -0.39 is 16.1 Å². The van der Waals surface area contributed by atoms with E-state index in [-0.39, 0.29) is 5.25 Å². The summed E-state index contributed by atoms with van der Waals surface area (Å²) in [5.74, 6) is 0. The molecule has 0 N–H and O–H groups in total. The molecule has 0 aromatic heterocycles. The highest BCUT2D eigenvalue weighted by Gasteiger charge is 2.38. The molecular formula is C11H18N2O3S. The molecule has 2 heterocycles. The minimum Gasteiger partial charge on any atom is -0.381 e. The number of nitrogens with zero attached hydrogens (tertiary/aromatic N) is 2. The second-order valence-corrected chi connectivity index (χ2v) is 6.77. The van der Waals surface area contributed by atoms with Crippen LogP contribution < -0.4 is 0 Å². The Morgan fingerprint density at radius 1 is 1.18 bits per heavy atom. The molecule has 1 atom stereocenters. The van der Waals surface area contributed by atoms with Crippen molar-refractivity contribution in [2.24, 2.45) is 0 Å². The number of rotatable bonds is 2. The molecule has 0 aliphatic carbocycles. The molecule has 0 aromatic carbocycles. The summed E-state index contributed by atoms with van der Waals surface area (Å²) >= 11 is 0. The highest BCUT2D eigenvalue weighted by molar-refractivity contribution is 7.89. The van der Waals surface area contributed by atoms with Gasteiger partial charge in [-0.25, -0.2) is 8.42 Å². The van der Waals surface area contributed by atoms with Gasteiger partial charge in [0.05, 0.1) is 11.3 Å². The standard InChI is InChI=1S/C11H18N2O3S/c12-9-10-3-1-2-6-13(10)17(14,15)11-4-7-16-8-5-11/h10-11H,1-8H2. The smallest absolute Gasteiger partial charge is 0.218 e. The fourth-order valence-corrected chi connectivity index (χ4v) is 4.57. The first-order valence-electron chi connectivity index (χ1n) is 6.14. The molecule has 96 valence electrons. The van der Waals surface area contributed by atoms with Crippen LogP contribution in [0.5, 0.6) is 0 Å². The number of hydrogen-bond donors (Lipinski definition) is 0. The average Bonchev–Trinajstić information content (AvgIpc) is 2.39. The third-order valence-electron chi connectivity index (χ3n) is 3.52. The molecule has 2 fully saturated rings. The third-order valence-corrected chi connectivity index (χ3v) is 5.92. The first-order valence-corrected chi connectivity index (χ1v) is 7.64. The molecule has 0 amide bonds. The first-order chi connectivity index (χ1) is 8.16. The Morgan fingerprint density at radius 2 is 1.88 bits per heavy atom. The lowest BCUT2D eigenvalue weighted by Crippen LogP contribution is -2.48. The fraction of sp³-hybridized carbons (Fsp3) is 0.909. The molecule has 2 aliphatic rings. The molecule has 1 unspecified atom stereocenters. The van der Waals surface area contributed by atoms with Crippen molar-refractivity contribution in [3.05, 3.63) is 0 Å². The van der Waals surface area contributed by atoms with E-state index in [1.54, 1.807) is 0 Å². The Balaban J connectivity index is 2.15. The van der Waals surface area contributed by atoms with E-state index >= 15 is 0 Å². The van der Waals surface area contributed by atoms with Crippen LogP contribution in [0.4, 0.5) is 0 Å². The summed E-state index contributed by atoms with van der Waals surface area (Å²) in [4.78, 5) is 0. The van der Waals surface area contributed by atoms with Gasteiger partial charge in [-0.05, 0) is 32.1 Å². The summed E-state index contributed by atoms with van der Waals surface area (Å²) in [7, 11) is -3.32. The maximum atomic E-state index is 12.4. The van der Waals surface area contributed by atoms with Crippen LogP contribution >= 0.6 is 0 Å². The highest BCUT2D eigenvalue weighted by atomic mass is 32.2. The van der Waals surface area contributed by atoms with E-state index in [1.165, 1.54) is 4.31 Å². The van der Waals surface area contributed by atoms with E-state index in [2.05, 4.69) is 6.07 Å². The molecule has 0 aromatic rings. The van der Waals surface area contributed by atoms with Gasteiger partial charge >= 0.3 is 0 Å². The average molecular weight is 258 g/mol. The highest BCUT2D eigenvalue weighted by Crippen LogP contribution is 2.26. The van der Waals surface area contributed by atoms with Crippen LogP contribution in [-0.2, 0) is 14.8 Å².